The van der Waals surface area contributed by atoms with E-state index in [1.54, 1.807) is 11.0 Å². The highest BCUT2D eigenvalue weighted by molar-refractivity contribution is 5.83. The van der Waals surface area contributed by atoms with Crippen molar-refractivity contribution in [1.29, 1.82) is 0 Å². The molecule has 7 heteroatoms. The summed E-state index contributed by atoms with van der Waals surface area (Å²) in [5.41, 5.74) is 0. The van der Waals surface area contributed by atoms with Crippen LogP contribution in [0.4, 0.5) is 0 Å². The number of amides is 1. The van der Waals surface area contributed by atoms with Gasteiger partial charge in [-0.05, 0) is 25.7 Å². The van der Waals surface area contributed by atoms with Crippen molar-refractivity contribution in [2.45, 2.75) is 44.7 Å². The molecule has 2 heterocycles. The molecule has 1 amide bonds. The molecular formula is C12H18N4O3. The number of likely N-dealkylation sites (tertiary alicyclic amines) is 1. The Morgan fingerprint density at radius 3 is 2.89 bits per heavy atom. The molecule has 1 aliphatic rings. The van der Waals surface area contributed by atoms with E-state index in [0.717, 1.165) is 12.8 Å². The lowest BCUT2D eigenvalue weighted by atomic mass is 10.0. The number of hydrogen-bond acceptors (Lipinski definition) is 4. The Labute approximate surface area is 111 Å². The van der Waals surface area contributed by atoms with Crippen LogP contribution in [-0.2, 0) is 16.1 Å². The van der Waals surface area contributed by atoms with Gasteiger partial charge in [0, 0.05) is 19.5 Å². The Morgan fingerprint density at radius 1 is 1.37 bits per heavy atom. The number of carboxylic acid groups (broad SMARTS) is 1. The molecule has 0 radical (unpaired) electrons. The number of hydrogen-bond donors (Lipinski definition) is 1. The lowest BCUT2D eigenvalue weighted by Gasteiger charge is -2.33. The van der Waals surface area contributed by atoms with Crippen LogP contribution in [-0.4, -0.2) is 49.2 Å². The van der Waals surface area contributed by atoms with Crippen LogP contribution in [0.15, 0.2) is 12.7 Å². The molecule has 19 heavy (non-hydrogen) atoms. The Hall–Kier alpha value is -1.92. The number of carboxylic acids is 1. The molecule has 1 fully saturated rings. The van der Waals surface area contributed by atoms with Crippen molar-refractivity contribution in [2.24, 2.45) is 0 Å². The molecule has 1 saturated heterocycles. The Balaban J connectivity index is 1.82. The third kappa shape index (κ3) is 3.52. The summed E-state index contributed by atoms with van der Waals surface area (Å²) in [4.78, 5) is 28.5. The minimum atomic E-state index is -0.899. The van der Waals surface area contributed by atoms with E-state index in [4.69, 9.17) is 5.11 Å². The highest BCUT2D eigenvalue weighted by Crippen LogP contribution is 2.18. The summed E-state index contributed by atoms with van der Waals surface area (Å²) in [5, 5.41) is 13.1. The summed E-state index contributed by atoms with van der Waals surface area (Å²) in [6, 6.07) is -0.646. The predicted octanol–water partition coefficient (Wildman–Crippen LogP) is 0.524. The minimum absolute atomic E-state index is 0.0767. The quantitative estimate of drug-likeness (QED) is 0.839. The average Bonchev–Trinajstić information content (AvgIpc) is 2.91. The maximum absolute atomic E-state index is 12.1. The first-order chi connectivity index (χ1) is 9.18. The molecule has 0 aliphatic carbocycles. The molecule has 1 unspecified atom stereocenters. The number of piperidine rings is 1. The van der Waals surface area contributed by atoms with Gasteiger partial charge >= 0.3 is 5.97 Å². The van der Waals surface area contributed by atoms with Crippen LogP contribution in [0.1, 0.15) is 32.1 Å². The summed E-state index contributed by atoms with van der Waals surface area (Å²) >= 11 is 0. The van der Waals surface area contributed by atoms with Crippen LogP contribution in [0, 0.1) is 0 Å². The highest BCUT2D eigenvalue weighted by atomic mass is 16.4. The van der Waals surface area contributed by atoms with Gasteiger partial charge in [0.25, 0.3) is 0 Å². The molecule has 0 spiro atoms. The van der Waals surface area contributed by atoms with E-state index in [1.807, 2.05) is 0 Å². The topological polar surface area (TPSA) is 88.3 Å². The molecule has 2 rings (SSSR count). The molecule has 1 aliphatic heterocycles. The van der Waals surface area contributed by atoms with E-state index in [9.17, 15) is 9.59 Å². The largest absolute Gasteiger partial charge is 0.480 e. The van der Waals surface area contributed by atoms with Crippen LogP contribution in [0.5, 0.6) is 0 Å². The second kappa shape index (κ2) is 6.31. The summed E-state index contributed by atoms with van der Waals surface area (Å²) in [7, 11) is 0. The first-order valence-corrected chi connectivity index (χ1v) is 6.53. The molecule has 1 N–H and O–H groups in total. The van der Waals surface area contributed by atoms with E-state index < -0.39 is 12.0 Å². The van der Waals surface area contributed by atoms with Crippen LogP contribution in [0.25, 0.3) is 0 Å². The summed E-state index contributed by atoms with van der Waals surface area (Å²) in [6.07, 6.45) is 6.37. The summed E-state index contributed by atoms with van der Waals surface area (Å²) < 4.78 is 1.66. The van der Waals surface area contributed by atoms with Crippen molar-refractivity contribution < 1.29 is 14.7 Å². The fourth-order valence-corrected chi connectivity index (χ4v) is 2.37. The van der Waals surface area contributed by atoms with Crippen LogP contribution >= 0.6 is 0 Å². The number of aryl methyl sites for hydroxylation is 1. The van der Waals surface area contributed by atoms with Gasteiger partial charge in [0.05, 0.1) is 0 Å². The van der Waals surface area contributed by atoms with Gasteiger partial charge in [-0.15, -0.1) is 0 Å². The molecule has 1 atom stereocenters. The van der Waals surface area contributed by atoms with Crippen molar-refractivity contribution in [3.8, 4) is 0 Å². The van der Waals surface area contributed by atoms with E-state index in [-0.39, 0.29) is 5.91 Å². The fourth-order valence-electron chi connectivity index (χ4n) is 2.37. The summed E-state index contributed by atoms with van der Waals surface area (Å²) in [6.45, 7) is 1.18. The smallest absolute Gasteiger partial charge is 0.326 e. The fraction of sp³-hybridized carbons (Fsp3) is 0.667. The van der Waals surface area contributed by atoms with Crippen molar-refractivity contribution in [3.63, 3.8) is 0 Å². The zero-order valence-corrected chi connectivity index (χ0v) is 10.7. The van der Waals surface area contributed by atoms with Crippen molar-refractivity contribution >= 4 is 11.9 Å². The molecule has 1 aromatic rings. The third-order valence-corrected chi connectivity index (χ3v) is 3.35. The number of aliphatic carboxylic acids is 1. The van der Waals surface area contributed by atoms with E-state index in [0.29, 0.717) is 32.4 Å². The SMILES string of the molecule is O=C(O)C1CCCCN1C(=O)CCCn1cncn1. The normalized spacial score (nSPS) is 19.4. The Morgan fingerprint density at radius 2 is 2.21 bits per heavy atom. The Bertz CT molecular complexity index is 432. The molecule has 0 saturated carbocycles. The molecule has 1 aromatic heterocycles. The van der Waals surface area contributed by atoms with E-state index >= 15 is 0 Å². The molecule has 7 nitrogen and oxygen atoms in total. The first-order valence-electron chi connectivity index (χ1n) is 6.53. The summed E-state index contributed by atoms with van der Waals surface area (Å²) in [5.74, 6) is -0.975. The van der Waals surface area contributed by atoms with E-state index in [2.05, 4.69) is 10.1 Å². The van der Waals surface area contributed by atoms with Gasteiger partial charge in [0.2, 0.25) is 5.91 Å². The highest BCUT2D eigenvalue weighted by Gasteiger charge is 2.31. The average molecular weight is 266 g/mol. The van der Waals surface area contributed by atoms with Gasteiger partial charge in [-0.3, -0.25) is 9.48 Å². The number of nitrogens with zero attached hydrogens (tertiary/aromatic N) is 4. The van der Waals surface area contributed by atoms with Gasteiger partial charge in [-0.1, -0.05) is 0 Å². The van der Waals surface area contributed by atoms with Gasteiger partial charge < -0.3 is 10.0 Å². The number of rotatable bonds is 5. The Kier molecular flexibility index (Phi) is 4.48. The van der Waals surface area contributed by atoms with Gasteiger partial charge in [-0.2, -0.15) is 5.10 Å². The standard InChI is InChI=1S/C12H18N4O3/c17-11(5-3-6-15-9-13-8-14-15)16-7-2-1-4-10(16)12(18)19/h8-10H,1-7H2,(H,18,19). The molecular weight excluding hydrogens is 248 g/mol. The first kappa shape index (κ1) is 13.5. The van der Waals surface area contributed by atoms with Gasteiger partial charge in [0.15, 0.2) is 0 Å². The van der Waals surface area contributed by atoms with Crippen molar-refractivity contribution in [1.82, 2.24) is 19.7 Å². The number of carbonyl (C=O) groups is 2. The van der Waals surface area contributed by atoms with Gasteiger partial charge in [0.1, 0.15) is 18.7 Å². The molecule has 104 valence electrons. The van der Waals surface area contributed by atoms with Crippen LogP contribution in [0.2, 0.25) is 0 Å². The maximum atomic E-state index is 12.1. The molecule has 0 aromatic carbocycles. The predicted molar refractivity (Wildman–Crippen MR) is 66.2 cm³/mol. The van der Waals surface area contributed by atoms with Gasteiger partial charge in [-0.25, -0.2) is 9.78 Å². The number of carbonyl (C=O) groups excluding carboxylic acids is 1. The van der Waals surface area contributed by atoms with Crippen LogP contribution in [0.3, 0.4) is 0 Å². The van der Waals surface area contributed by atoms with Crippen molar-refractivity contribution in [2.75, 3.05) is 6.54 Å². The second-order valence-corrected chi connectivity index (χ2v) is 4.70. The van der Waals surface area contributed by atoms with E-state index in [1.165, 1.54) is 11.2 Å². The maximum Gasteiger partial charge on any atom is 0.326 e. The van der Waals surface area contributed by atoms with Crippen LogP contribution < -0.4 is 0 Å². The lowest BCUT2D eigenvalue weighted by molar-refractivity contribution is -0.152. The molecule has 0 bridgehead atoms. The third-order valence-electron chi connectivity index (χ3n) is 3.35. The zero-order valence-electron chi connectivity index (χ0n) is 10.7. The zero-order chi connectivity index (χ0) is 13.7. The second-order valence-electron chi connectivity index (χ2n) is 4.70. The minimum Gasteiger partial charge on any atom is -0.480 e. The van der Waals surface area contributed by atoms with Crippen molar-refractivity contribution in [3.05, 3.63) is 12.7 Å². The lowest BCUT2D eigenvalue weighted by Crippen LogP contribution is -2.47. The number of aromatic nitrogens is 3. The monoisotopic (exact) mass is 266 g/mol.